The molecule has 0 aliphatic heterocycles. The highest BCUT2D eigenvalue weighted by molar-refractivity contribution is 6.10. The minimum atomic E-state index is -1.54. The molecule has 2 aromatic carbocycles. The molecule has 3 rings (SSSR count). The van der Waals surface area contributed by atoms with Crippen molar-refractivity contribution in [2.75, 3.05) is 19.8 Å². The summed E-state index contributed by atoms with van der Waals surface area (Å²) in [5, 5.41) is 23.0. The van der Waals surface area contributed by atoms with E-state index in [9.17, 15) is 19.5 Å². The van der Waals surface area contributed by atoms with Crippen molar-refractivity contribution in [3.8, 4) is 16.9 Å². The Hall–Kier alpha value is -4.02. The van der Waals surface area contributed by atoms with Crippen molar-refractivity contribution in [1.29, 1.82) is 0 Å². The fraction of sp³-hybridized carbons (Fsp3) is 0.250. The van der Waals surface area contributed by atoms with Crippen LogP contribution in [-0.2, 0) is 23.2 Å². The summed E-state index contributed by atoms with van der Waals surface area (Å²) in [5.41, 5.74) is 1.99. The Bertz CT molecular complexity index is 1130. The maximum absolute atomic E-state index is 12.7. The van der Waals surface area contributed by atoms with Crippen LogP contribution in [0.3, 0.4) is 0 Å². The number of hydrogen-bond acceptors (Lipinski definition) is 7. The molecule has 178 valence electrons. The maximum atomic E-state index is 12.7. The van der Waals surface area contributed by atoms with Crippen LogP contribution in [0.5, 0.6) is 5.75 Å². The van der Waals surface area contributed by atoms with Crippen LogP contribution >= 0.6 is 0 Å². The molecule has 10 nitrogen and oxygen atoms in total. The molecule has 1 aromatic heterocycles. The molecule has 0 aliphatic carbocycles. The number of aromatic nitrogens is 2. The van der Waals surface area contributed by atoms with Gasteiger partial charge in [-0.3, -0.25) is 14.4 Å². The summed E-state index contributed by atoms with van der Waals surface area (Å²) >= 11 is 0. The van der Waals surface area contributed by atoms with Crippen LogP contribution in [0.25, 0.3) is 11.1 Å². The molecular weight excluding hydrogens is 440 g/mol. The lowest BCUT2D eigenvalue weighted by atomic mass is 10.0. The lowest BCUT2D eigenvalue weighted by Gasteiger charge is -2.17. The molecule has 2 amide bonds. The van der Waals surface area contributed by atoms with E-state index >= 15 is 0 Å². The van der Waals surface area contributed by atoms with E-state index in [4.69, 9.17) is 9.84 Å². The molecule has 0 saturated carbocycles. The standard InChI is InChI=1S/C24H26N4O6/c1-28-11-10-25-21(28)14-26-24(33)22(20(31)15-30)27-23(32)18-4-2-16(3-5-18)17-6-8-19(9-7-17)34-13-12-29/h2-11,22,29-30H,12-15H2,1H3,(H,26,33)(H,27,32). The third-order valence-corrected chi connectivity index (χ3v) is 5.05. The molecule has 0 fully saturated rings. The largest absolute Gasteiger partial charge is 0.491 e. The molecule has 4 N–H and O–H groups in total. The number of carbonyl (C=O) groups excluding carboxylic acids is 3. The van der Waals surface area contributed by atoms with Gasteiger partial charge >= 0.3 is 0 Å². The number of nitrogens with zero attached hydrogens (tertiary/aromatic N) is 2. The van der Waals surface area contributed by atoms with Crippen molar-refractivity contribution in [3.63, 3.8) is 0 Å². The molecule has 1 heterocycles. The second-order valence-electron chi connectivity index (χ2n) is 7.38. The van der Waals surface area contributed by atoms with Crippen molar-refractivity contribution in [1.82, 2.24) is 20.2 Å². The van der Waals surface area contributed by atoms with Gasteiger partial charge in [0.2, 0.25) is 0 Å². The molecular formula is C24H26N4O6. The first kappa shape index (κ1) is 24.6. The van der Waals surface area contributed by atoms with Crippen molar-refractivity contribution < 1.29 is 29.3 Å². The Morgan fingerprint density at radius 1 is 1.03 bits per heavy atom. The van der Waals surface area contributed by atoms with E-state index in [1.807, 2.05) is 12.1 Å². The monoisotopic (exact) mass is 466 g/mol. The third-order valence-electron chi connectivity index (χ3n) is 5.05. The summed E-state index contributed by atoms with van der Waals surface area (Å²) in [6, 6.07) is 12.4. The van der Waals surface area contributed by atoms with E-state index in [0.29, 0.717) is 11.6 Å². The molecule has 34 heavy (non-hydrogen) atoms. The zero-order valence-electron chi connectivity index (χ0n) is 18.6. The van der Waals surface area contributed by atoms with E-state index in [2.05, 4.69) is 15.6 Å². The number of nitrogens with one attached hydrogen (secondary N) is 2. The number of rotatable bonds is 11. The highest BCUT2D eigenvalue weighted by Gasteiger charge is 2.28. The number of aryl methyl sites for hydroxylation is 1. The van der Waals surface area contributed by atoms with Gasteiger partial charge in [-0.2, -0.15) is 0 Å². The fourth-order valence-corrected chi connectivity index (χ4v) is 3.15. The number of imidazole rings is 1. The van der Waals surface area contributed by atoms with Crippen LogP contribution in [0.4, 0.5) is 0 Å². The van der Waals surface area contributed by atoms with Crippen LogP contribution in [0.1, 0.15) is 16.2 Å². The molecule has 0 saturated heterocycles. The normalized spacial score (nSPS) is 11.5. The summed E-state index contributed by atoms with van der Waals surface area (Å²) in [4.78, 5) is 41.4. The second kappa shape index (κ2) is 11.7. The molecule has 0 bridgehead atoms. The van der Waals surface area contributed by atoms with Crippen molar-refractivity contribution in [2.24, 2.45) is 7.05 Å². The van der Waals surface area contributed by atoms with Crippen molar-refractivity contribution in [3.05, 3.63) is 72.3 Å². The SMILES string of the molecule is Cn1ccnc1CNC(=O)C(NC(=O)c1ccc(-c2ccc(OCCO)cc2)cc1)C(=O)CO. The zero-order valence-corrected chi connectivity index (χ0v) is 18.6. The Kier molecular flexibility index (Phi) is 8.49. The summed E-state index contributed by atoms with van der Waals surface area (Å²) in [6.07, 6.45) is 3.28. The number of ketones is 1. The number of benzene rings is 2. The molecule has 1 atom stereocenters. The Morgan fingerprint density at radius 2 is 1.68 bits per heavy atom. The van der Waals surface area contributed by atoms with Crippen LogP contribution < -0.4 is 15.4 Å². The van der Waals surface area contributed by atoms with Crippen LogP contribution in [0.15, 0.2) is 60.9 Å². The number of hydrogen-bond donors (Lipinski definition) is 4. The first-order chi connectivity index (χ1) is 16.4. The van der Waals surface area contributed by atoms with E-state index in [0.717, 1.165) is 11.1 Å². The number of amides is 2. The molecule has 3 aromatic rings. The summed E-state index contributed by atoms with van der Waals surface area (Å²) in [6.45, 7) is -0.685. The highest BCUT2D eigenvalue weighted by Crippen LogP contribution is 2.23. The lowest BCUT2D eigenvalue weighted by molar-refractivity contribution is -0.132. The van der Waals surface area contributed by atoms with E-state index in [1.54, 1.807) is 60.4 Å². The van der Waals surface area contributed by atoms with Gasteiger partial charge in [0.25, 0.3) is 11.8 Å². The minimum Gasteiger partial charge on any atom is -0.491 e. The van der Waals surface area contributed by atoms with Gasteiger partial charge in [-0.1, -0.05) is 24.3 Å². The smallest absolute Gasteiger partial charge is 0.252 e. The van der Waals surface area contributed by atoms with Gasteiger partial charge in [0, 0.05) is 25.0 Å². The molecule has 1 unspecified atom stereocenters. The number of Topliss-reactive ketones (excluding diaryl/α,β-unsaturated/α-hetero) is 1. The summed E-state index contributed by atoms with van der Waals surface area (Å²) in [5.74, 6) is -0.993. The molecule has 0 radical (unpaired) electrons. The van der Waals surface area contributed by atoms with Gasteiger partial charge in [-0.15, -0.1) is 0 Å². The number of ether oxygens (including phenoxy) is 1. The topological polar surface area (TPSA) is 143 Å². The van der Waals surface area contributed by atoms with Crippen molar-refractivity contribution >= 4 is 17.6 Å². The van der Waals surface area contributed by atoms with Gasteiger partial charge in [0.05, 0.1) is 13.2 Å². The average molecular weight is 466 g/mol. The second-order valence-corrected chi connectivity index (χ2v) is 7.38. The Morgan fingerprint density at radius 3 is 2.24 bits per heavy atom. The van der Waals surface area contributed by atoms with Crippen LogP contribution in [0.2, 0.25) is 0 Å². The number of aliphatic hydroxyl groups excluding tert-OH is 2. The lowest BCUT2D eigenvalue weighted by Crippen LogP contribution is -2.52. The van der Waals surface area contributed by atoms with Gasteiger partial charge in [-0.25, -0.2) is 4.98 Å². The quantitative estimate of drug-likeness (QED) is 0.300. The summed E-state index contributed by atoms with van der Waals surface area (Å²) < 4.78 is 7.05. The minimum absolute atomic E-state index is 0.0614. The van der Waals surface area contributed by atoms with Gasteiger partial charge < -0.3 is 30.2 Å². The average Bonchev–Trinajstić information content (AvgIpc) is 3.28. The predicted molar refractivity (Wildman–Crippen MR) is 123 cm³/mol. The number of carbonyl (C=O) groups is 3. The van der Waals surface area contributed by atoms with Gasteiger partial charge in [0.1, 0.15) is 24.8 Å². The Balaban J connectivity index is 1.65. The van der Waals surface area contributed by atoms with Crippen LogP contribution in [-0.4, -0.2) is 63.2 Å². The van der Waals surface area contributed by atoms with E-state index in [1.165, 1.54) is 0 Å². The van der Waals surface area contributed by atoms with Gasteiger partial charge in [-0.05, 0) is 35.4 Å². The van der Waals surface area contributed by atoms with Crippen LogP contribution in [0, 0.1) is 0 Å². The number of aliphatic hydroxyl groups is 2. The third kappa shape index (κ3) is 6.27. The first-order valence-electron chi connectivity index (χ1n) is 10.6. The first-order valence-corrected chi connectivity index (χ1v) is 10.6. The molecule has 10 heteroatoms. The maximum Gasteiger partial charge on any atom is 0.252 e. The van der Waals surface area contributed by atoms with Gasteiger partial charge in [0.15, 0.2) is 11.8 Å². The molecule has 0 spiro atoms. The summed E-state index contributed by atoms with van der Waals surface area (Å²) in [7, 11) is 1.76. The van der Waals surface area contributed by atoms with Crippen molar-refractivity contribution in [2.45, 2.75) is 12.6 Å². The Labute approximate surface area is 196 Å². The zero-order chi connectivity index (χ0) is 24.5. The van der Waals surface area contributed by atoms with E-state index < -0.39 is 30.2 Å². The highest BCUT2D eigenvalue weighted by atomic mass is 16.5. The predicted octanol–water partition coefficient (Wildman–Crippen LogP) is 0.434. The fourth-order valence-electron chi connectivity index (χ4n) is 3.15. The molecule has 0 aliphatic rings. The van der Waals surface area contributed by atoms with E-state index in [-0.39, 0.29) is 25.3 Å².